The van der Waals surface area contributed by atoms with Crippen molar-refractivity contribution in [3.63, 3.8) is 0 Å². The van der Waals surface area contributed by atoms with Gasteiger partial charge in [0, 0.05) is 102 Å². The van der Waals surface area contributed by atoms with Crippen molar-refractivity contribution < 1.29 is 43.1 Å². The van der Waals surface area contributed by atoms with Crippen molar-refractivity contribution in [1.29, 1.82) is 0 Å². The quantitative estimate of drug-likeness (QED) is 0.0469. The summed E-state index contributed by atoms with van der Waals surface area (Å²) in [5, 5.41) is 8.85. The summed E-state index contributed by atoms with van der Waals surface area (Å²) in [6.45, 7) is 6.32. The number of hydrogen-bond acceptors (Lipinski definition) is 12. The van der Waals surface area contributed by atoms with Crippen LogP contribution in [-0.2, 0) is 53.2 Å². The molecule has 72 heavy (non-hydrogen) atoms. The van der Waals surface area contributed by atoms with Crippen molar-refractivity contribution in [2.75, 3.05) is 36.9 Å². The molecule has 0 unspecified atom stereocenters. The average molecular weight is 978 g/mol. The molecule has 2 aliphatic heterocycles. The van der Waals surface area contributed by atoms with Crippen LogP contribution < -0.4 is 26.4 Å². The van der Waals surface area contributed by atoms with Gasteiger partial charge < -0.3 is 45.0 Å². The van der Waals surface area contributed by atoms with Gasteiger partial charge in [-0.2, -0.15) is 0 Å². The molecule has 6 aromatic rings. The van der Waals surface area contributed by atoms with Crippen LogP contribution in [0.25, 0.3) is 10.9 Å². The number of amides is 4. The van der Waals surface area contributed by atoms with Gasteiger partial charge in [-0.25, -0.2) is 4.98 Å². The number of Topliss-reactive ketones (excluding diaryl/α,β-unsaturated/α-hetero) is 3. The van der Waals surface area contributed by atoms with Gasteiger partial charge in [0.1, 0.15) is 22.9 Å². The van der Waals surface area contributed by atoms with Crippen molar-refractivity contribution in [3.8, 4) is 5.75 Å². The Kier molecular flexibility index (Phi) is 14.7. The first kappa shape index (κ1) is 49.9. The molecule has 2 aliphatic rings. The van der Waals surface area contributed by atoms with Crippen molar-refractivity contribution >= 4 is 81.2 Å². The predicted molar refractivity (Wildman–Crippen MR) is 268 cm³/mol. The van der Waals surface area contributed by atoms with Gasteiger partial charge in [0.2, 0.25) is 17.6 Å². The molecular formula is C52H55N11O9. The number of carbonyl (C=O) groups excluding carboxylic acids is 8. The number of carbonyl (C=O) groups is 8. The first-order valence-electron chi connectivity index (χ1n) is 23.4. The lowest BCUT2D eigenvalue weighted by molar-refractivity contribution is -0.126. The molecule has 1 saturated heterocycles. The van der Waals surface area contributed by atoms with E-state index in [0.29, 0.717) is 64.4 Å². The molecule has 8 rings (SSSR count). The van der Waals surface area contributed by atoms with E-state index in [2.05, 4.69) is 32.5 Å². The normalized spacial score (nSPS) is 14.0. The molecule has 20 nitrogen and oxygen atoms in total. The number of nitrogens with two attached hydrogens (primary N) is 1. The van der Waals surface area contributed by atoms with Gasteiger partial charge >= 0.3 is 0 Å². The third-order valence-electron chi connectivity index (χ3n) is 12.5. The van der Waals surface area contributed by atoms with Crippen LogP contribution in [0.3, 0.4) is 0 Å². The molecule has 1 atom stereocenters. The van der Waals surface area contributed by atoms with Gasteiger partial charge in [-0.1, -0.05) is 18.2 Å². The molecule has 20 heteroatoms. The Morgan fingerprint density at radius 1 is 0.833 bits per heavy atom. The van der Waals surface area contributed by atoms with E-state index in [1.54, 1.807) is 115 Å². The molecule has 2 aromatic carbocycles. The maximum atomic E-state index is 13.8. The van der Waals surface area contributed by atoms with Crippen molar-refractivity contribution in [3.05, 3.63) is 125 Å². The zero-order valence-electron chi connectivity index (χ0n) is 40.5. The molecule has 0 saturated carbocycles. The Balaban J connectivity index is 0.806. The molecular weight excluding hydrogens is 923 g/mol. The molecule has 5 N–H and O–H groups in total. The molecule has 6 heterocycles. The van der Waals surface area contributed by atoms with Gasteiger partial charge in [-0.3, -0.25) is 47.9 Å². The van der Waals surface area contributed by atoms with Crippen molar-refractivity contribution in [2.45, 2.75) is 57.9 Å². The summed E-state index contributed by atoms with van der Waals surface area (Å²) in [4.78, 5) is 114. The highest BCUT2D eigenvalue weighted by Gasteiger charge is 2.34. The second-order valence-corrected chi connectivity index (χ2v) is 18.2. The van der Waals surface area contributed by atoms with Crippen LogP contribution in [0.1, 0.15) is 90.7 Å². The third-order valence-corrected chi connectivity index (χ3v) is 12.5. The van der Waals surface area contributed by atoms with Crippen molar-refractivity contribution in [2.24, 2.45) is 31.9 Å². The summed E-state index contributed by atoms with van der Waals surface area (Å²) in [6.07, 6.45) is 9.44. The Morgan fingerprint density at radius 3 is 2.42 bits per heavy atom. The van der Waals surface area contributed by atoms with E-state index >= 15 is 0 Å². The van der Waals surface area contributed by atoms with Crippen LogP contribution in [0.2, 0.25) is 0 Å². The maximum absolute atomic E-state index is 13.8. The Bertz CT molecular complexity index is 3240. The zero-order valence-corrected chi connectivity index (χ0v) is 40.5. The number of rotatable bonds is 20. The molecule has 4 aromatic heterocycles. The SMILES string of the molecule is C=C1C[C@H]2C=Nc3cc(OCCCC(=O)Nc4cn(C)c(C(=O)Cc5cc(C(=O)Nc6cc(C(=O)n7ccc8cc(CC(=O)CNC(=O)CCC(=O)CN)ccc87)n(C)c6)n(C)c5)n4)c(C)cc3C(=O)N2C1. The van der Waals surface area contributed by atoms with Crippen molar-refractivity contribution in [1.82, 2.24) is 33.5 Å². The minimum Gasteiger partial charge on any atom is -0.493 e. The Morgan fingerprint density at radius 2 is 1.62 bits per heavy atom. The third kappa shape index (κ3) is 11.2. The lowest BCUT2D eigenvalue weighted by Crippen LogP contribution is -2.35. The van der Waals surface area contributed by atoms with E-state index in [4.69, 9.17) is 10.5 Å². The van der Waals surface area contributed by atoms with Crippen LogP contribution in [0.5, 0.6) is 5.75 Å². The molecule has 1 fully saturated rings. The number of hydrogen-bond donors (Lipinski definition) is 4. The number of fused-ring (bicyclic) bond motifs is 3. The number of nitrogens with one attached hydrogen (secondary N) is 3. The second-order valence-electron chi connectivity index (χ2n) is 18.2. The van der Waals surface area contributed by atoms with E-state index in [-0.39, 0.29) is 110 Å². The average Bonchev–Trinajstić information content (AvgIpc) is 4.18. The predicted octanol–water partition coefficient (Wildman–Crippen LogP) is 4.55. The largest absolute Gasteiger partial charge is 0.493 e. The van der Waals surface area contributed by atoms with Crippen LogP contribution in [0.4, 0.5) is 17.2 Å². The first-order valence-corrected chi connectivity index (χ1v) is 23.4. The summed E-state index contributed by atoms with van der Waals surface area (Å²) in [7, 11) is 5.02. The van der Waals surface area contributed by atoms with Gasteiger partial charge in [0.25, 0.3) is 17.7 Å². The fourth-order valence-electron chi connectivity index (χ4n) is 8.82. The number of ketones is 3. The number of aryl methyl sites for hydroxylation is 4. The van der Waals surface area contributed by atoms with Gasteiger partial charge in [0.15, 0.2) is 17.4 Å². The van der Waals surface area contributed by atoms with Crippen LogP contribution in [0, 0.1) is 6.92 Å². The Hall–Kier alpha value is -8.52. The van der Waals surface area contributed by atoms with E-state index in [9.17, 15) is 38.4 Å². The van der Waals surface area contributed by atoms with Gasteiger partial charge in [-0.05, 0) is 72.9 Å². The molecule has 4 amide bonds. The highest BCUT2D eigenvalue weighted by atomic mass is 16.5. The standard InChI is InChI=1S/C52H55N11O9/c1-30-15-36-24-54-40-22-45(31(2)16-39(40)51(70)63(36)26-30)72-14-6-7-48(68)57-46-29-61(5)49(58-46)44(66)20-33-19-42(59(3)27-33)50(69)56-35-21-43(60(4)28-35)52(71)62-13-12-34-17-32(8-10-41(34)62)18-38(65)25-55-47(67)11-9-37(64)23-53/h8,10,12-13,16-17,19,21-22,24,27-29,36H,1,6-7,9,11,14-15,18,20,23,25-26,53H2,2-5H3,(H,55,67)(H,56,69)(H,57,68)/t36-/m0/s1. The fourth-order valence-corrected chi connectivity index (χ4v) is 8.82. The molecule has 0 bridgehead atoms. The number of nitrogens with zero attached hydrogens (tertiary/aromatic N) is 7. The number of benzene rings is 2. The first-order chi connectivity index (χ1) is 34.4. The van der Waals surface area contributed by atoms with E-state index in [1.807, 2.05) is 6.92 Å². The monoisotopic (exact) mass is 977 g/mol. The van der Waals surface area contributed by atoms with E-state index in [1.165, 1.54) is 9.13 Å². The van der Waals surface area contributed by atoms with Gasteiger partial charge in [0.05, 0.1) is 48.2 Å². The number of aliphatic imine (C=N–C) groups is 1. The molecule has 372 valence electrons. The van der Waals surface area contributed by atoms with Crippen LogP contribution in [-0.4, -0.2) is 114 Å². The highest BCUT2D eigenvalue weighted by molar-refractivity contribution is 6.07. The Labute approximate surface area is 413 Å². The van der Waals surface area contributed by atoms with Gasteiger partial charge in [-0.15, -0.1) is 0 Å². The fraction of sp³-hybridized carbons (Fsp3) is 0.308. The number of aromatic nitrogens is 5. The second kappa shape index (κ2) is 21.2. The van der Waals surface area contributed by atoms with Crippen LogP contribution >= 0.6 is 0 Å². The smallest absolute Gasteiger partial charge is 0.279 e. The number of anilines is 2. The summed E-state index contributed by atoms with van der Waals surface area (Å²) in [5.41, 5.74) is 10.9. The summed E-state index contributed by atoms with van der Waals surface area (Å²) in [6, 6.07) is 13.6. The maximum Gasteiger partial charge on any atom is 0.279 e. The minimum atomic E-state index is -0.464. The number of imidazole rings is 1. The van der Waals surface area contributed by atoms with E-state index in [0.717, 1.165) is 16.5 Å². The molecule has 0 aliphatic carbocycles. The number of ether oxygens (including phenoxy) is 1. The topological polar surface area (TPSA) is 256 Å². The highest BCUT2D eigenvalue weighted by Crippen LogP contribution is 2.35. The van der Waals surface area contributed by atoms with Crippen LogP contribution in [0.15, 0.2) is 90.5 Å². The minimum absolute atomic E-state index is 0.0179. The zero-order chi connectivity index (χ0) is 51.4. The summed E-state index contributed by atoms with van der Waals surface area (Å²) >= 11 is 0. The molecule has 0 spiro atoms. The molecule has 0 radical (unpaired) electrons. The van der Waals surface area contributed by atoms with E-state index < -0.39 is 11.8 Å². The lowest BCUT2D eigenvalue weighted by Gasteiger charge is -2.20. The lowest BCUT2D eigenvalue weighted by atomic mass is 10.1. The summed E-state index contributed by atoms with van der Waals surface area (Å²) in [5.74, 6) is -1.49. The summed E-state index contributed by atoms with van der Waals surface area (Å²) < 4.78 is 12.2.